The molecule has 0 N–H and O–H groups in total. The Labute approximate surface area is 60.1 Å². The number of hydrogen-bond acceptors (Lipinski definition) is 2. The Kier molecular flexibility index (Phi) is 5.04. The molecule has 0 aliphatic rings. The van der Waals surface area contributed by atoms with Gasteiger partial charge in [-0.05, 0) is 20.3 Å². The largest absolute Gasteiger partial charge is 0.404 e. The van der Waals surface area contributed by atoms with Crippen LogP contribution in [0.15, 0.2) is 0 Å². The van der Waals surface area contributed by atoms with Gasteiger partial charge in [0, 0.05) is 0 Å². The molecule has 1 unspecified atom stereocenters. The zero-order valence-electron chi connectivity index (χ0n) is 6.68. The third kappa shape index (κ3) is 4.63. The quantitative estimate of drug-likeness (QED) is 0.425. The Morgan fingerprint density at radius 2 is 2.00 bits per heavy atom. The molecule has 0 fully saturated rings. The fraction of sp³-hybridized carbons (Fsp3) is 1.00. The van der Waals surface area contributed by atoms with Gasteiger partial charge in [0.25, 0.3) is 0 Å². The molecule has 0 aromatic carbocycles. The maximum Gasteiger partial charge on any atom is 0.149 e. The summed E-state index contributed by atoms with van der Waals surface area (Å²) < 4.78 is 10.5. The summed E-state index contributed by atoms with van der Waals surface area (Å²) in [6.45, 7) is 6.09. The van der Waals surface area contributed by atoms with Gasteiger partial charge in [0.05, 0.1) is 6.10 Å². The van der Waals surface area contributed by atoms with Crippen molar-refractivity contribution >= 4 is 10.5 Å². The molecule has 0 amide bonds. The van der Waals surface area contributed by atoms with Crippen molar-refractivity contribution in [1.82, 2.24) is 0 Å². The maximum absolute atomic E-state index is 5.36. The van der Waals surface area contributed by atoms with Crippen LogP contribution >= 0.6 is 0 Å². The van der Waals surface area contributed by atoms with E-state index in [-0.39, 0.29) is 12.4 Å². The van der Waals surface area contributed by atoms with Crippen molar-refractivity contribution < 1.29 is 9.16 Å². The van der Waals surface area contributed by atoms with E-state index < -0.39 is 0 Å². The Balaban J connectivity index is 3.31. The van der Waals surface area contributed by atoms with Crippen molar-refractivity contribution in [2.24, 2.45) is 0 Å². The van der Waals surface area contributed by atoms with Crippen LogP contribution in [0.1, 0.15) is 27.2 Å². The molecule has 0 aromatic rings. The molecule has 0 saturated heterocycles. The molecule has 0 aromatic heterocycles. The van der Waals surface area contributed by atoms with Crippen molar-refractivity contribution in [3.05, 3.63) is 0 Å². The van der Waals surface area contributed by atoms with Crippen LogP contribution in [0.5, 0.6) is 0 Å². The molecule has 1 atom stereocenters. The second-order valence-electron chi connectivity index (χ2n) is 2.26. The molecule has 9 heavy (non-hydrogen) atoms. The van der Waals surface area contributed by atoms with Crippen LogP contribution in [0, 0.1) is 0 Å². The topological polar surface area (TPSA) is 18.5 Å². The highest BCUT2D eigenvalue weighted by Crippen LogP contribution is 2.01. The average molecular weight is 148 g/mol. The van der Waals surface area contributed by atoms with Crippen molar-refractivity contribution in [3.63, 3.8) is 0 Å². The first-order valence-electron chi connectivity index (χ1n) is 3.39. The second-order valence-corrected chi connectivity index (χ2v) is 2.73. The molecule has 0 rings (SSSR count). The van der Waals surface area contributed by atoms with Gasteiger partial charge in [-0.2, -0.15) is 0 Å². The van der Waals surface area contributed by atoms with E-state index >= 15 is 0 Å². The number of hydrogen-bond donors (Lipinski definition) is 0. The Hall–Kier alpha value is 0.137. The fourth-order valence-electron chi connectivity index (χ4n) is 0.622. The van der Waals surface area contributed by atoms with E-state index in [0.717, 1.165) is 16.9 Å². The highest BCUT2D eigenvalue weighted by atomic mass is 28.2. The van der Waals surface area contributed by atoms with E-state index in [1.807, 2.05) is 13.8 Å². The summed E-state index contributed by atoms with van der Waals surface area (Å²) in [5.41, 5.74) is 0. The van der Waals surface area contributed by atoms with Crippen LogP contribution in [0.4, 0.5) is 0 Å². The number of ether oxygens (including phenoxy) is 1. The fourth-order valence-corrected chi connectivity index (χ4v) is 1.07. The smallest absolute Gasteiger partial charge is 0.149 e. The first kappa shape index (κ1) is 9.14. The van der Waals surface area contributed by atoms with Gasteiger partial charge in [0.15, 0.2) is 0 Å². The van der Waals surface area contributed by atoms with Crippen LogP contribution in [-0.4, -0.2) is 22.9 Å². The predicted octanol–water partition coefficient (Wildman–Crippen LogP) is 0.444. The van der Waals surface area contributed by atoms with Crippen LogP contribution in [-0.2, 0) is 9.16 Å². The average Bonchev–Trinajstić information content (AvgIpc) is 1.82. The van der Waals surface area contributed by atoms with Crippen molar-refractivity contribution in [3.8, 4) is 0 Å². The van der Waals surface area contributed by atoms with Gasteiger partial charge in [0.2, 0.25) is 0 Å². The maximum atomic E-state index is 5.36. The summed E-state index contributed by atoms with van der Waals surface area (Å²) in [4.78, 5) is 0. The summed E-state index contributed by atoms with van der Waals surface area (Å²) in [5.74, 6) is 0. The lowest BCUT2D eigenvalue weighted by Crippen LogP contribution is -2.18. The highest BCUT2D eigenvalue weighted by molar-refractivity contribution is 5.98. The summed E-state index contributed by atoms with van der Waals surface area (Å²) >= 11 is 0. The molecule has 0 radical (unpaired) electrons. The zero-order chi connectivity index (χ0) is 7.28. The van der Waals surface area contributed by atoms with E-state index in [1.54, 1.807) is 0 Å². The SMILES string of the molecule is CCC(O[SiH3])OC(C)C. The standard InChI is InChI=1S/C6H16O2Si/c1-4-6(8-9)7-5(2)3/h5-6H,4H2,1-3,9H3. The normalized spacial score (nSPS) is 14.7. The molecule has 3 heteroatoms. The Bertz CT molecular complexity index is 62.1. The first-order chi connectivity index (χ1) is 4.20. The Morgan fingerprint density at radius 3 is 2.11 bits per heavy atom. The lowest BCUT2D eigenvalue weighted by Gasteiger charge is -2.16. The van der Waals surface area contributed by atoms with E-state index in [0.29, 0.717) is 0 Å². The summed E-state index contributed by atoms with van der Waals surface area (Å²) in [6, 6.07) is 0. The first-order valence-corrected chi connectivity index (χ1v) is 4.20. The second kappa shape index (κ2) is 4.96. The summed E-state index contributed by atoms with van der Waals surface area (Å²) in [7, 11) is 0.762. The van der Waals surface area contributed by atoms with Crippen molar-refractivity contribution in [1.29, 1.82) is 0 Å². The summed E-state index contributed by atoms with van der Waals surface area (Å²) in [6.07, 6.45) is 1.27. The number of rotatable bonds is 4. The minimum absolute atomic E-state index is 0.0386. The minimum Gasteiger partial charge on any atom is -0.404 e. The van der Waals surface area contributed by atoms with E-state index in [9.17, 15) is 0 Å². The van der Waals surface area contributed by atoms with Crippen LogP contribution in [0.2, 0.25) is 0 Å². The lowest BCUT2D eigenvalue weighted by molar-refractivity contribution is -0.106. The van der Waals surface area contributed by atoms with E-state index in [2.05, 4.69) is 6.92 Å². The molecule has 0 aliphatic heterocycles. The monoisotopic (exact) mass is 148 g/mol. The molecular formula is C6H16O2Si. The molecule has 0 heterocycles. The molecule has 0 aliphatic carbocycles. The van der Waals surface area contributed by atoms with Crippen molar-refractivity contribution in [2.45, 2.75) is 39.6 Å². The van der Waals surface area contributed by atoms with Crippen LogP contribution in [0.3, 0.4) is 0 Å². The molecule has 0 bridgehead atoms. The molecule has 2 nitrogen and oxygen atoms in total. The molecule has 0 saturated carbocycles. The van der Waals surface area contributed by atoms with E-state index in [4.69, 9.17) is 9.16 Å². The summed E-state index contributed by atoms with van der Waals surface area (Å²) in [5, 5.41) is 0. The third-order valence-electron chi connectivity index (χ3n) is 1.02. The van der Waals surface area contributed by atoms with Gasteiger partial charge < -0.3 is 9.16 Å². The van der Waals surface area contributed by atoms with Crippen LogP contribution in [0.25, 0.3) is 0 Å². The van der Waals surface area contributed by atoms with Gasteiger partial charge in [0.1, 0.15) is 16.8 Å². The van der Waals surface area contributed by atoms with Crippen molar-refractivity contribution in [2.75, 3.05) is 0 Å². The zero-order valence-corrected chi connectivity index (χ0v) is 8.68. The molecular weight excluding hydrogens is 132 g/mol. The Morgan fingerprint density at radius 1 is 1.44 bits per heavy atom. The minimum atomic E-state index is 0.0386. The molecule has 0 spiro atoms. The van der Waals surface area contributed by atoms with Gasteiger partial charge in [-0.3, -0.25) is 0 Å². The van der Waals surface area contributed by atoms with Gasteiger partial charge >= 0.3 is 0 Å². The van der Waals surface area contributed by atoms with Gasteiger partial charge in [-0.15, -0.1) is 0 Å². The lowest BCUT2D eigenvalue weighted by atomic mass is 10.4. The molecule has 56 valence electrons. The van der Waals surface area contributed by atoms with E-state index in [1.165, 1.54) is 0 Å². The van der Waals surface area contributed by atoms with Gasteiger partial charge in [-0.1, -0.05) is 6.92 Å². The third-order valence-corrected chi connectivity index (χ3v) is 1.55. The highest BCUT2D eigenvalue weighted by Gasteiger charge is 2.04. The van der Waals surface area contributed by atoms with Crippen LogP contribution < -0.4 is 0 Å². The predicted molar refractivity (Wildman–Crippen MR) is 41.3 cm³/mol. The van der Waals surface area contributed by atoms with Gasteiger partial charge in [-0.25, -0.2) is 0 Å².